The van der Waals surface area contributed by atoms with Crippen molar-refractivity contribution in [3.05, 3.63) is 44.9 Å². The lowest BCUT2D eigenvalue weighted by Crippen LogP contribution is -2.63. The zero-order valence-corrected chi connectivity index (χ0v) is 17.8. The molecule has 0 spiro atoms. The molecular weight excluding hydrogens is 416 g/mol. The van der Waals surface area contributed by atoms with Gasteiger partial charge in [0.05, 0.1) is 0 Å². The van der Waals surface area contributed by atoms with Gasteiger partial charge in [0.15, 0.2) is 4.77 Å². The van der Waals surface area contributed by atoms with Crippen LogP contribution in [0.2, 0.25) is 0 Å². The number of rotatable bonds is 3. The summed E-state index contributed by atoms with van der Waals surface area (Å²) in [6.07, 6.45) is 0.408. The van der Waals surface area contributed by atoms with Crippen molar-refractivity contribution in [1.82, 2.24) is 19.7 Å². The number of carbonyl (C=O) groups excluding carboxylic acids is 1. The molecule has 1 amide bonds. The first kappa shape index (κ1) is 19.1. The normalized spacial score (nSPS) is 16.3. The molecule has 1 aromatic carbocycles. The minimum Gasteiger partial charge on any atom is -0.444 e. The molecule has 1 aliphatic heterocycles. The van der Waals surface area contributed by atoms with E-state index >= 15 is 0 Å². The van der Waals surface area contributed by atoms with Gasteiger partial charge in [0.25, 0.3) is 0 Å². The highest BCUT2D eigenvalue weighted by Crippen LogP contribution is 2.39. The van der Waals surface area contributed by atoms with Crippen LogP contribution >= 0.6 is 28.1 Å². The Labute approximate surface area is 166 Å². The molecule has 1 fully saturated rings. The lowest BCUT2D eigenvalue weighted by atomic mass is 9.71. The number of hydrogen-bond acceptors (Lipinski definition) is 4. The molecule has 2 heterocycles. The molecule has 1 N–H and O–H groups in total. The third kappa shape index (κ3) is 3.86. The smallest absolute Gasteiger partial charge is 0.410 e. The summed E-state index contributed by atoms with van der Waals surface area (Å²) in [5.41, 5.74) is 0.451. The van der Waals surface area contributed by atoms with E-state index in [-0.39, 0.29) is 11.5 Å². The van der Waals surface area contributed by atoms with Crippen molar-refractivity contribution in [2.45, 2.75) is 38.2 Å². The monoisotopic (exact) mass is 438 g/mol. The minimum absolute atomic E-state index is 0.213. The van der Waals surface area contributed by atoms with Crippen molar-refractivity contribution >= 4 is 34.2 Å². The Hall–Kier alpha value is -1.67. The molecule has 26 heavy (non-hydrogen) atoms. The maximum absolute atomic E-state index is 12.4. The molecule has 0 saturated carbocycles. The number of benzene rings is 1. The first-order valence-electron chi connectivity index (χ1n) is 8.44. The number of aromatic nitrogens is 3. The summed E-state index contributed by atoms with van der Waals surface area (Å²) in [6.45, 7) is 6.79. The molecule has 0 aliphatic carbocycles. The molecule has 0 unspecified atom stereocenters. The lowest BCUT2D eigenvalue weighted by molar-refractivity contribution is -0.0105. The fourth-order valence-corrected chi connectivity index (χ4v) is 3.75. The van der Waals surface area contributed by atoms with E-state index in [4.69, 9.17) is 17.0 Å². The number of aromatic amines is 1. The predicted molar refractivity (Wildman–Crippen MR) is 106 cm³/mol. The molecule has 1 aliphatic rings. The second kappa shape index (κ2) is 6.81. The predicted octanol–water partition coefficient (Wildman–Crippen LogP) is 3.97. The number of likely N-dealkylation sites (tertiary alicyclic amines) is 1. The van der Waals surface area contributed by atoms with Gasteiger partial charge in [0.2, 0.25) is 0 Å². The summed E-state index contributed by atoms with van der Waals surface area (Å²) in [7, 11) is 1.90. The Bertz CT molecular complexity index is 878. The number of hydrogen-bond donors (Lipinski definition) is 1. The van der Waals surface area contributed by atoms with Crippen LogP contribution in [0, 0.1) is 4.77 Å². The van der Waals surface area contributed by atoms with Crippen LogP contribution in [-0.4, -0.2) is 44.4 Å². The van der Waals surface area contributed by atoms with E-state index in [1.807, 2.05) is 44.5 Å². The van der Waals surface area contributed by atoms with Gasteiger partial charge in [0, 0.05) is 36.4 Å². The van der Waals surface area contributed by atoms with Crippen molar-refractivity contribution in [3.63, 3.8) is 0 Å². The first-order valence-corrected chi connectivity index (χ1v) is 9.64. The maximum Gasteiger partial charge on any atom is 0.410 e. The number of H-pyrrole nitrogens is 1. The van der Waals surface area contributed by atoms with Crippen LogP contribution in [0.3, 0.4) is 0 Å². The first-order chi connectivity index (χ1) is 12.1. The van der Waals surface area contributed by atoms with E-state index in [2.05, 4.69) is 38.3 Å². The quantitative estimate of drug-likeness (QED) is 0.736. The molecule has 1 aromatic heterocycles. The van der Waals surface area contributed by atoms with Crippen molar-refractivity contribution in [2.75, 3.05) is 13.1 Å². The summed E-state index contributed by atoms with van der Waals surface area (Å²) in [4.78, 5) is 14.1. The number of amides is 1. The van der Waals surface area contributed by atoms with E-state index in [0.717, 1.165) is 10.3 Å². The Morgan fingerprint density at radius 1 is 1.42 bits per heavy atom. The third-order valence-corrected chi connectivity index (χ3v) is 5.40. The van der Waals surface area contributed by atoms with Crippen molar-refractivity contribution < 1.29 is 9.53 Å². The standard InChI is InChI=1S/C18H23BrN4O2S/c1-17(2,3)25-16(24)23-10-18(11-23,12-6-5-7-13(19)8-12)9-14-20-21-15(26)22(14)4/h5-8H,9-11H2,1-4H3,(H,21,26). The second-order valence-corrected chi connectivity index (χ2v) is 9.11. The molecule has 0 radical (unpaired) electrons. The number of halogens is 1. The maximum atomic E-state index is 12.4. The molecule has 140 valence electrons. The van der Waals surface area contributed by atoms with Crippen LogP contribution < -0.4 is 0 Å². The van der Waals surface area contributed by atoms with E-state index in [1.165, 1.54) is 5.56 Å². The third-order valence-electron chi connectivity index (χ3n) is 4.54. The fourth-order valence-electron chi connectivity index (χ4n) is 3.20. The minimum atomic E-state index is -0.503. The lowest BCUT2D eigenvalue weighted by Gasteiger charge is -2.50. The highest BCUT2D eigenvalue weighted by atomic mass is 79.9. The highest BCUT2D eigenvalue weighted by Gasteiger charge is 2.48. The van der Waals surface area contributed by atoms with Crippen LogP contribution in [0.5, 0.6) is 0 Å². The largest absolute Gasteiger partial charge is 0.444 e. The van der Waals surface area contributed by atoms with Gasteiger partial charge in [-0.05, 0) is 50.7 Å². The van der Waals surface area contributed by atoms with Gasteiger partial charge in [-0.2, -0.15) is 5.10 Å². The van der Waals surface area contributed by atoms with Gasteiger partial charge in [-0.3, -0.25) is 5.10 Å². The topological polar surface area (TPSA) is 63.1 Å². The zero-order chi connectivity index (χ0) is 19.1. The Kier molecular flexibility index (Phi) is 5.00. The van der Waals surface area contributed by atoms with Crippen LogP contribution in [0.15, 0.2) is 28.7 Å². The Morgan fingerprint density at radius 2 is 2.12 bits per heavy atom. The van der Waals surface area contributed by atoms with Gasteiger partial charge in [0.1, 0.15) is 11.4 Å². The van der Waals surface area contributed by atoms with Crippen LogP contribution in [0.1, 0.15) is 32.2 Å². The Balaban J connectivity index is 1.87. The van der Waals surface area contributed by atoms with E-state index in [1.54, 1.807) is 4.90 Å². The van der Waals surface area contributed by atoms with Gasteiger partial charge < -0.3 is 14.2 Å². The van der Waals surface area contributed by atoms with Crippen molar-refractivity contribution in [2.24, 2.45) is 7.05 Å². The summed E-state index contributed by atoms with van der Waals surface area (Å²) in [6, 6.07) is 8.21. The van der Waals surface area contributed by atoms with Gasteiger partial charge in [-0.15, -0.1) is 0 Å². The second-order valence-electron chi connectivity index (χ2n) is 7.81. The van der Waals surface area contributed by atoms with Gasteiger partial charge >= 0.3 is 6.09 Å². The number of nitrogens with zero attached hydrogens (tertiary/aromatic N) is 3. The average Bonchev–Trinajstić information content (AvgIpc) is 2.80. The molecule has 2 aromatic rings. The summed E-state index contributed by atoms with van der Waals surface area (Å²) in [5, 5.41) is 7.20. The van der Waals surface area contributed by atoms with Crippen LogP contribution in [-0.2, 0) is 23.6 Å². The van der Waals surface area contributed by atoms with Crippen LogP contribution in [0.4, 0.5) is 4.79 Å². The molecule has 0 atom stereocenters. The van der Waals surface area contributed by atoms with E-state index in [9.17, 15) is 4.79 Å². The summed E-state index contributed by atoms with van der Waals surface area (Å²) < 4.78 is 8.99. The van der Waals surface area contributed by atoms with Gasteiger partial charge in [-0.1, -0.05) is 28.1 Å². The molecular formula is C18H23BrN4O2S. The fraction of sp³-hybridized carbons (Fsp3) is 0.500. The molecule has 6 nitrogen and oxygen atoms in total. The van der Waals surface area contributed by atoms with E-state index in [0.29, 0.717) is 24.3 Å². The SMILES string of the molecule is Cn1c(CC2(c3cccc(Br)c3)CN(C(=O)OC(C)(C)C)C2)n[nH]c1=S. The van der Waals surface area contributed by atoms with Crippen molar-refractivity contribution in [1.29, 1.82) is 0 Å². The van der Waals surface area contributed by atoms with Gasteiger partial charge in [-0.25, -0.2) is 4.79 Å². The van der Waals surface area contributed by atoms with E-state index < -0.39 is 5.60 Å². The molecule has 8 heteroatoms. The summed E-state index contributed by atoms with van der Waals surface area (Å²) in [5.74, 6) is 0.874. The molecule has 3 rings (SSSR count). The molecule has 0 bridgehead atoms. The zero-order valence-electron chi connectivity index (χ0n) is 15.4. The van der Waals surface area contributed by atoms with Crippen molar-refractivity contribution in [3.8, 4) is 0 Å². The molecule has 1 saturated heterocycles. The summed E-state index contributed by atoms with van der Waals surface area (Å²) >= 11 is 8.78. The number of ether oxygens (including phenoxy) is 1. The number of carbonyl (C=O) groups is 1. The average molecular weight is 439 g/mol. The number of nitrogens with one attached hydrogen (secondary N) is 1. The van der Waals surface area contributed by atoms with Crippen LogP contribution in [0.25, 0.3) is 0 Å². The highest BCUT2D eigenvalue weighted by molar-refractivity contribution is 9.10. The Morgan fingerprint density at radius 3 is 2.65 bits per heavy atom.